The summed E-state index contributed by atoms with van der Waals surface area (Å²) >= 11 is 0. The van der Waals surface area contributed by atoms with Gasteiger partial charge in [0.15, 0.2) is 6.10 Å². The lowest BCUT2D eigenvalue weighted by Crippen LogP contribution is -2.32. The number of anilines is 1. The summed E-state index contributed by atoms with van der Waals surface area (Å²) in [6.07, 6.45) is -0.0641. The van der Waals surface area contributed by atoms with Crippen LogP contribution in [0, 0.1) is 6.92 Å². The molecule has 0 radical (unpaired) electrons. The van der Waals surface area contributed by atoms with Gasteiger partial charge in [0.1, 0.15) is 5.75 Å². The summed E-state index contributed by atoms with van der Waals surface area (Å²) in [4.78, 5) is 26.0. The first-order chi connectivity index (χ1) is 11.9. The van der Waals surface area contributed by atoms with Gasteiger partial charge in [-0.2, -0.15) is 0 Å². The van der Waals surface area contributed by atoms with E-state index in [4.69, 9.17) is 4.74 Å². The van der Waals surface area contributed by atoms with Gasteiger partial charge in [-0.1, -0.05) is 25.1 Å². The number of nitrogens with zero attached hydrogens (tertiary/aromatic N) is 1. The lowest BCUT2D eigenvalue weighted by molar-refractivity contribution is -0.122. The molecule has 2 amide bonds. The highest BCUT2D eigenvalue weighted by Crippen LogP contribution is 2.17. The number of hydrogen-bond acceptors (Lipinski definition) is 3. The molecule has 2 aromatic rings. The van der Waals surface area contributed by atoms with E-state index in [1.807, 2.05) is 38.1 Å². The van der Waals surface area contributed by atoms with E-state index >= 15 is 0 Å². The Bertz CT molecular complexity index is 756. The maximum atomic E-state index is 12.5. The van der Waals surface area contributed by atoms with Gasteiger partial charge >= 0.3 is 0 Å². The van der Waals surface area contributed by atoms with Crippen molar-refractivity contribution in [2.24, 2.45) is 0 Å². The van der Waals surface area contributed by atoms with Gasteiger partial charge in [-0.05, 0) is 49.2 Å². The number of rotatable bonds is 6. The second kappa shape index (κ2) is 8.33. The highest BCUT2D eigenvalue weighted by atomic mass is 16.5. The van der Waals surface area contributed by atoms with Crippen LogP contribution < -0.4 is 10.1 Å². The van der Waals surface area contributed by atoms with Crippen molar-refractivity contribution in [1.29, 1.82) is 0 Å². The van der Waals surface area contributed by atoms with Gasteiger partial charge in [0.2, 0.25) is 0 Å². The third-order valence-corrected chi connectivity index (χ3v) is 3.71. The summed E-state index contributed by atoms with van der Waals surface area (Å²) in [6, 6.07) is 14.5. The van der Waals surface area contributed by atoms with Gasteiger partial charge in [-0.3, -0.25) is 9.59 Å². The Hall–Kier alpha value is -2.82. The zero-order valence-electron chi connectivity index (χ0n) is 15.1. The number of carbonyl (C=O) groups is 2. The summed E-state index contributed by atoms with van der Waals surface area (Å²) in [6.45, 7) is 3.87. The predicted molar refractivity (Wildman–Crippen MR) is 99.0 cm³/mol. The number of aryl methyl sites for hydroxylation is 1. The van der Waals surface area contributed by atoms with Gasteiger partial charge in [-0.25, -0.2) is 0 Å². The number of amides is 2. The third-order valence-electron chi connectivity index (χ3n) is 3.71. The number of carbonyl (C=O) groups excluding carboxylic acids is 2. The second-order valence-electron chi connectivity index (χ2n) is 6.10. The molecule has 0 aliphatic carbocycles. The second-order valence-corrected chi connectivity index (χ2v) is 6.10. The molecule has 132 valence electrons. The highest BCUT2D eigenvalue weighted by molar-refractivity contribution is 5.98. The van der Waals surface area contributed by atoms with Crippen molar-refractivity contribution >= 4 is 17.5 Å². The third kappa shape index (κ3) is 5.08. The van der Waals surface area contributed by atoms with Crippen LogP contribution in [0.15, 0.2) is 48.5 Å². The highest BCUT2D eigenvalue weighted by Gasteiger charge is 2.19. The molecule has 0 saturated heterocycles. The summed E-state index contributed by atoms with van der Waals surface area (Å²) in [5.41, 5.74) is 2.17. The van der Waals surface area contributed by atoms with Crippen LogP contribution >= 0.6 is 0 Å². The van der Waals surface area contributed by atoms with Crippen LogP contribution in [0.25, 0.3) is 0 Å². The largest absolute Gasteiger partial charge is 0.481 e. The molecule has 0 fully saturated rings. The topological polar surface area (TPSA) is 58.6 Å². The molecule has 2 aromatic carbocycles. The van der Waals surface area contributed by atoms with E-state index in [0.29, 0.717) is 23.4 Å². The summed E-state index contributed by atoms with van der Waals surface area (Å²) in [7, 11) is 3.38. The minimum atomic E-state index is -0.602. The molecule has 25 heavy (non-hydrogen) atoms. The van der Waals surface area contributed by atoms with Crippen molar-refractivity contribution in [2.45, 2.75) is 26.4 Å². The van der Waals surface area contributed by atoms with Crippen molar-refractivity contribution in [1.82, 2.24) is 4.90 Å². The first-order valence-corrected chi connectivity index (χ1v) is 8.26. The molecule has 0 bridgehead atoms. The number of hydrogen-bond donors (Lipinski definition) is 1. The molecular formula is C20H24N2O3. The van der Waals surface area contributed by atoms with E-state index in [1.165, 1.54) is 4.90 Å². The van der Waals surface area contributed by atoms with E-state index in [9.17, 15) is 9.59 Å². The van der Waals surface area contributed by atoms with E-state index in [2.05, 4.69) is 5.32 Å². The molecule has 1 unspecified atom stereocenters. The molecule has 1 atom stereocenters. The fraction of sp³-hybridized carbons (Fsp3) is 0.300. The Kier molecular flexibility index (Phi) is 6.17. The molecule has 5 heteroatoms. The van der Waals surface area contributed by atoms with Crippen molar-refractivity contribution in [2.75, 3.05) is 19.4 Å². The molecule has 2 rings (SSSR count). The fourth-order valence-electron chi connectivity index (χ4n) is 2.39. The summed E-state index contributed by atoms with van der Waals surface area (Å²) in [5, 5.41) is 2.83. The number of ether oxygens (including phenoxy) is 1. The van der Waals surface area contributed by atoms with Gasteiger partial charge in [-0.15, -0.1) is 0 Å². The Balaban J connectivity index is 2.09. The van der Waals surface area contributed by atoms with E-state index in [-0.39, 0.29) is 11.8 Å². The monoisotopic (exact) mass is 340 g/mol. The molecular weight excluding hydrogens is 316 g/mol. The minimum Gasteiger partial charge on any atom is -0.481 e. The van der Waals surface area contributed by atoms with Crippen LogP contribution in [-0.2, 0) is 4.79 Å². The molecule has 0 aliphatic rings. The quantitative estimate of drug-likeness (QED) is 0.876. The lowest BCUT2D eigenvalue weighted by atomic mass is 10.1. The van der Waals surface area contributed by atoms with Crippen molar-refractivity contribution in [3.8, 4) is 5.75 Å². The van der Waals surface area contributed by atoms with Gasteiger partial charge in [0.25, 0.3) is 11.8 Å². The molecule has 1 N–H and O–H groups in total. The maximum Gasteiger partial charge on any atom is 0.265 e. The fourth-order valence-corrected chi connectivity index (χ4v) is 2.39. The predicted octanol–water partition coefficient (Wildman–Crippen LogP) is 3.49. The summed E-state index contributed by atoms with van der Waals surface area (Å²) < 4.78 is 5.81. The van der Waals surface area contributed by atoms with Gasteiger partial charge in [0.05, 0.1) is 0 Å². The van der Waals surface area contributed by atoms with Crippen LogP contribution in [-0.4, -0.2) is 36.9 Å². The maximum absolute atomic E-state index is 12.5. The average Bonchev–Trinajstić information content (AvgIpc) is 2.59. The van der Waals surface area contributed by atoms with Crippen LogP contribution in [0.3, 0.4) is 0 Å². The molecule has 0 aliphatic heterocycles. The normalized spacial score (nSPS) is 11.5. The van der Waals surface area contributed by atoms with Crippen LogP contribution in [0.1, 0.15) is 29.3 Å². The average molecular weight is 340 g/mol. The Labute approximate surface area is 148 Å². The Morgan fingerprint density at radius 3 is 2.48 bits per heavy atom. The molecule has 0 aromatic heterocycles. The lowest BCUT2D eigenvalue weighted by Gasteiger charge is -2.18. The minimum absolute atomic E-state index is 0.112. The van der Waals surface area contributed by atoms with Crippen LogP contribution in [0.4, 0.5) is 5.69 Å². The first kappa shape index (κ1) is 18.5. The van der Waals surface area contributed by atoms with Gasteiger partial charge in [0, 0.05) is 25.3 Å². The van der Waals surface area contributed by atoms with Crippen molar-refractivity contribution in [3.05, 3.63) is 59.7 Å². The molecule has 5 nitrogen and oxygen atoms in total. The van der Waals surface area contributed by atoms with E-state index in [1.54, 1.807) is 38.4 Å². The van der Waals surface area contributed by atoms with Gasteiger partial charge < -0.3 is 15.0 Å². The SMILES string of the molecule is CCC(Oc1cccc(C)c1)C(=O)Nc1cccc(C(=O)N(C)C)c1. The summed E-state index contributed by atoms with van der Waals surface area (Å²) in [5.74, 6) is 0.316. The molecule has 0 heterocycles. The Morgan fingerprint density at radius 2 is 1.84 bits per heavy atom. The first-order valence-electron chi connectivity index (χ1n) is 8.26. The zero-order valence-corrected chi connectivity index (χ0v) is 15.1. The van der Waals surface area contributed by atoms with Crippen molar-refractivity contribution in [3.63, 3.8) is 0 Å². The molecule has 0 spiro atoms. The smallest absolute Gasteiger partial charge is 0.265 e. The zero-order chi connectivity index (χ0) is 18.4. The van der Waals surface area contributed by atoms with E-state index < -0.39 is 6.10 Å². The van der Waals surface area contributed by atoms with Crippen LogP contribution in [0.2, 0.25) is 0 Å². The van der Waals surface area contributed by atoms with Crippen LogP contribution in [0.5, 0.6) is 5.75 Å². The van der Waals surface area contributed by atoms with Crippen molar-refractivity contribution < 1.29 is 14.3 Å². The number of nitrogens with one attached hydrogen (secondary N) is 1. The Morgan fingerprint density at radius 1 is 1.12 bits per heavy atom. The molecule has 0 saturated carbocycles. The standard InChI is InChI=1S/C20H24N2O3/c1-5-18(25-17-11-6-8-14(2)12-17)19(23)21-16-10-7-9-15(13-16)20(24)22(3)4/h6-13,18H,5H2,1-4H3,(H,21,23). The number of benzene rings is 2. The van der Waals surface area contributed by atoms with E-state index in [0.717, 1.165) is 5.56 Å².